The summed E-state index contributed by atoms with van der Waals surface area (Å²) in [6, 6.07) is 14.6. The van der Waals surface area contributed by atoms with E-state index in [2.05, 4.69) is 40.4 Å². The molecule has 5 heteroatoms. The molecule has 0 saturated carbocycles. The zero-order valence-electron chi connectivity index (χ0n) is 18.2. The number of nitrogens with zero attached hydrogens (tertiary/aromatic N) is 2. The molecular formula is C25H33N3O2. The van der Waals surface area contributed by atoms with Crippen molar-refractivity contribution in [3.05, 3.63) is 59.2 Å². The molecule has 0 aliphatic carbocycles. The highest BCUT2D eigenvalue weighted by molar-refractivity contribution is 5.96. The molecule has 4 rings (SSSR count). The molecule has 0 aromatic heterocycles. The summed E-state index contributed by atoms with van der Waals surface area (Å²) < 4.78 is 5.65. The Labute approximate surface area is 180 Å². The second kappa shape index (κ2) is 9.52. The van der Waals surface area contributed by atoms with Gasteiger partial charge in [-0.25, -0.2) is 0 Å². The number of likely N-dealkylation sites (tertiary alicyclic amines) is 1. The molecule has 1 amide bonds. The number of carbonyl (C=O) groups is 1. The Morgan fingerprint density at radius 3 is 2.70 bits per heavy atom. The Bertz CT molecular complexity index is 876. The van der Waals surface area contributed by atoms with E-state index < -0.39 is 0 Å². The summed E-state index contributed by atoms with van der Waals surface area (Å²) in [4.78, 5) is 17.8. The second-order valence-corrected chi connectivity index (χ2v) is 8.31. The third kappa shape index (κ3) is 4.46. The SMILES string of the molecule is CCOc1ccccc1C(=O)NCC(c1ccc2c(c1)CCCN2C)N1CCCC1. The van der Waals surface area contributed by atoms with Crippen LogP contribution in [0.4, 0.5) is 5.69 Å². The lowest BCUT2D eigenvalue weighted by Gasteiger charge is -2.32. The van der Waals surface area contributed by atoms with Crippen LogP contribution in [0, 0.1) is 0 Å². The van der Waals surface area contributed by atoms with Crippen molar-refractivity contribution in [3.63, 3.8) is 0 Å². The number of hydrogen-bond donors (Lipinski definition) is 1. The number of rotatable bonds is 7. The van der Waals surface area contributed by atoms with Gasteiger partial charge in [0.15, 0.2) is 0 Å². The lowest BCUT2D eigenvalue weighted by molar-refractivity contribution is 0.0934. The fourth-order valence-electron chi connectivity index (χ4n) is 4.74. The standard InChI is InChI=1S/C25H33N3O2/c1-3-30-24-11-5-4-10-21(24)25(29)26-18-23(28-15-6-7-16-28)20-12-13-22-19(17-20)9-8-14-27(22)2/h4-5,10-13,17,23H,3,6-9,14-16,18H2,1-2H3,(H,26,29). The summed E-state index contributed by atoms with van der Waals surface area (Å²) in [6.07, 6.45) is 4.79. The number of para-hydroxylation sites is 1. The number of fused-ring (bicyclic) bond motifs is 1. The number of aryl methyl sites for hydroxylation is 1. The molecule has 0 bridgehead atoms. The van der Waals surface area contributed by atoms with Gasteiger partial charge in [-0.3, -0.25) is 9.69 Å². The van der Waals surface area contributed by atoms with E-state index in [9.17, 15) is 4.79 Å². The van der Waals surface area contributed by atoms with Crippen LogP contribution in [0.2, 0.25) is 0 Å². The van der Waals surface area contributed by atoms with Gasteiger partial charge in [0.2, 0.25) is 0 Å². The van der Waals surface area contributed by atoms with Crippen LogP contribution >= 0.6 is 0 Å². The van der Waals surface area contributed by atoms with Crippen LogP contribution in [0.3, 0.4) is 0 Å². The summed E-state index contributed by atoms with van der Waals surface area (Å²) in [5.41, 5.74) is 4.69. The summed E-state index contributed by atoms with van der Waals surface area (Å²) in [5, 5.41) is 3.19. The lowest BCUT2D eigenvalue weighted by atomic mass is 9.96. The van der Waals surface area contributed by atoms with E-state index in [1.807, 2.05) is 31.2 Å². The van der Waals surface area contributed by atoms with E-state index in [4.69, 9.17) is 4.74 Å². The number of nitrogens with one attached hydrogen (secondary N) is 1. The van der Waals surface area contributed by atoms with Crippen LogP contribution in [0.25, 0.3) is 0 Å². The summed E-state index contributed by atoms with van der Waals surface area (Å²) in [6.45, 7) is 6.39. The Morgan fingerprint density at radius 2 is 1.90 bits per heavy atom. The highest BCUT2D eigenvalue weighted by atomic mass is 16.5. The maximum Gasteiger partial charge on any atom is 0.255 e. The van der Waals surface area contributed by atoms with E-state index in [0.717, 1.165) is 26.1 Å². The number of amides is 1. The second-order valence-electron chi connectivity index (χ2n) is 8.31. The molecule has 1 atom stereocenters. The van der Waals surface area contributed by atoms with E-state index in [1.165, 1.54) is 36.1 Å². The predicted octanol–water partition coefficient (Wildman–Crippen LogP) is 4.03. The first-order chi connectivity index (χ1) is 14.7. The fraction of sp³-hybridized carbons (Fsp3) is 0.480. The first-order valence-corrected chi connectivity index (χ1v) is 11.3. The zero-order valence-corrected chi connectivity index (χ0v) is 18.2. The van der Waals surface area contributed by atoms with Crippen LogP contribution in [0.5, 0.6) is 5.75 Å². The average molecular weight is 408 g/mol. The molecule has 2 aliphatic heterocycles. The quantitative estimate of drug-likeness (QED) is 0.753. The lowest BCUT2D eigenvalue weighted by Crippen LogP contribution is -2.37. The van der Waals surface area contributed by atoms with Gasteiger partial charge in [-0.15, -0.1) is 0 Å². The molecular weight excluding hydrogens is 374 g/mol. The molecule has 30 heavy (non-hydrogen) atoms. The van der Waals surface area contributed by atoms with E-state index in [1.54, 1.807) is 0 Å². The normalized spacial score (nSPS) is 17.5. The van der Waals surface area contributed by atoms with Crippen LogP contribution in [0.1, 0.15) is 53.7 Å². The number of ether oxygens (including phenoxy) is 1. The van der Waals surface area contributed by atoms with Gasteiger partial charge in [0, 0.05) is 25.8 Å². The number of anilines is 1. The topological polar surface area (TPSA) is 44.8 Å². The molecule has 1 unspecified atom stereocenters. The molecule has 160 valence electrons. The number of benzene rings is 2. The van der Waals surface area contributed by atoms with Crippen LogP contribution in [0.15, 0.2) is 42.5 Å². The molecule has 2 aromatic carbocycles. The van der Waals surface area contributed by atoms with E-state index in [0.29, 0.717) is 24.5 Å². The van der Waals surface area contributed by atoms with Crippen LogP contribution in [-0.2, 0) is 6.42 Å². The molecule has 0 radical (unpaired) electrons. The number of carbonyl (C=O) groups excluding carboxylic acids is 1. The molecule has 2 heterocycles. The summed E-state index contributed by atoms with van der Waals surface area (Å²) in [5.74, 6) is 0.577. The van der Waals surface area contributed by atoms with Gasteiger partial charge in [0.25, 0.3) is 5.91 Å². The minimum Gasteiger partial charge on any atom is -0.493 e. The summed E-state index contributed by atoms with van der Waals surface area (Å²) in [7, 11) is 2.17. The first-order valence-electron chi connectivity index (χ1n) is 11.3. The van der Waals surface area contributed by atoms with Gasteiger partial charge in [-0.05, 0) is 75.0 Å². The van der Waals surface area contributed by atoms with Gasteiger partial charge < -0.3 is 15.0 Å². The van der Waals surface area contributed by atoms with E-state index in [-0.39, 0.29) is 11.9 Å². The van der Waals surface area contributed by atoms with Gasteiger partial charge >= 0.3 is 0 Å². The Kier molecular flexibility index (Phi) is 6.58. The highest BCUT2D eigenvalue weighted by Gasteiger charge is 2.26. The van der Waals surface area contributed by atoms with E-state index >= 15 is 0 Å². The average Bonchev–Trinajstić information content (AvgIpc) is 3.29. The maximum absolute atomic E-state index is 13.0. The Balaban J connectivity index is 1.53. The number of hydrogen-bond acceptors (Lipinski definition) is 4. The van der Waals surface area contributed by atoms with Gasteiger partial charge in [-0.1, -0.05) is 24.3 Å². The van der Waals surface area contributed by atoms with Crippen molar-refractivity contribution < 1.29 is 9.53 Å². The Hall–Kier alpha value is -2.53. The highest BCUT2D eigenvalue weighted by Crippen LogP contribution is 2.32. The van der Waals surface area contributed by atoms with Crippen LogP contribution in [-0.4, -0.2) is 50.6 Å². The maximum atomic E-state index is 13.0. The van der Waals surface area contributed by atoms with Gasteiger partial charge in [-0.2, -0.15) is 0 Å². The molecule has 1 saturated heterocycles. The van der Waals surface area contributed by atoms with Gasteiger partial charge in [0.1, 0.15) is 5.75 Å². The third-order valence-corrected chi connectivity index (χ3v) is 6.31. The fourth-order valence-corrected chi connectivity index (χ4v) is 4.74. The monoisotopic (exact) mass is 407 g/mol. The molecule has 0 spiro atoms. The summed E-state index contributed by atoms with van der Waals surface area (Å²) >= 11 is 0. The third-order valence-electron chi connectivity index (χ3n) is 6.31. The molecule has 2 aliphatic rings. The predicted molar refractivity (Wildman–Crippen MR) is 122 cm³/mol. The first kappa shape index (κ1) is 20.7. The van der Waals surface area contributed by atoms with Crippen molar-refractivity contribution in [1.29, 1.82) is 0 Å². The van der Waals surface area contributed by atoms with Crippen molar-refractivity contribution in [3.8, 4) is 5.75 Å². The molecule has 1 N–H and O–H groups in total. The van der Waals surface area contributed by atoms with Crippen molar-refractivity contribution in [2.75, 3.05) is 44.7 Å². The van der Waals surface area contributed by atoms with Crippen molar-refractivity contribution in [1.82, 2.24) is 10.2 Å². The minimum absolute atomic E-state index is 0.0686. The zero-order chi connectivity index (χ0) is 20.9. The molecule has 2 aromatic rings. The largest absolute Gasteiger partial charge is 0.493 e. The van der Waals surface area contributed by atoms with Crippen molar-refractivity contribution in [2.24, 2.45) is 0 Å². The molecule has 1 fully saturated rings. The van der Waals surface area contributed by atoms with Crippen molar-refractivity contribution >= 4 is 11.6 Å². The Morgan fingerprint density at radius 1 is 1.10 bits per heavy atom. The minimum atomic E-state index is -0.0686. The smallest absolute Gasteiger partial charge is 0.255 e. The van der Waals surface area contributed by atoms with Gasteiger partial charge in [0.05, 0.1) is 18.2 Å². The van der Waals surface area contributed by atoms with Crippen LogP contribution < -0.4 is 15.0 Å². The van der Waals surface area contributed by atoms with Crippen molar-refractivity contribution in [2.45, 2.75) is 38.6 Å². The molecule has 5 nitrogen and oxygen atoms in total.